The van der Waals surface area contributed by atoms with E-state index in [0.717, 1.165) is 36.8 Å². The molecule has 34 heavy (non-hydrogen) atoms. The first-order chi connectivity index (χ1) is 16.7. The topological polar surface area (TPSA) is 41.0 Å². The number of methoxy groups -OCH3 is 1. The lowest BCUT2D eigenvalue weighted by Crippen LogP contribution is -2.25. The van der Waals surface area contributed by atoms with Crippen LogP contribution in [0.15, 0.2) is 84.1 Å². The number of hydrogen-bond donors (Lipinski definition) is 0. The van der Waals surface area contributed by atoms with E-state index in [1.54, 1.807) is 7.11 Å². The second kappa shape index (κ2) is 11.0. The first kappa shape index (κ1) is 23.6. The molecule has 0 spiro atoms. The fourth-order valence-electron chi connectivity index (χ4n) is 4.61. The van der Waals surface area contributed by atoms with Gasteiger partial charge in [-0.3, -0.25) is 0 Å². The number of hydrazone groups is 1. The molecule has 0 aliphatic carbocycles. The molecule has 0 fully saturated rings. The standard InChI is InChI=1S/C29H34N4O/c1-5-26-27(20-13-22-11-16-24(17-12-22)32(6-2)7-3)31-33(28-10-8-9-21-30-28)29(26)23-14-18-25(34-4)19-15-23/h8-21,26,29H,5-7H2,1-4H3. The van der Waals surface area contributed by atoms with Crippen LogP contribution in [0.3, 0.4) is 0 Å². The van der Waals surface area contributed by atoms with Crippen LogP contribution in [0.1, 0.15) is 44.4 Å². The number of benzene rings is 2. The molecule has 0 N–H and O–H groups in total. The molecule has 0 saturated carbocycles. The van der Waals surface area contributed by atoms with E-state index in [2.05, 4.69) is 84.2 Å². The third-order valence-corrected chi connectivity index (χ3v) is 6.50. The molecule has 2 aromatic carbocycles. The van der Waals surface area contributed by atoms with E-state index in [0.29, 0.717) is 0 Å². The van der Waals surface area contributed by atoms with Crippen LogP contribution >= 0.6 is 0 Å². The summed E-state index contributed by atoms with van der Waals surface area (Å²) in [5.74, 6) is 1.96. The Labute approximate surface area is 203 Å². The lowest BCUT2D eigenvalue weighted by atomic mass is 9.87. The Hall–Kier alpha value is -3.60. The molecule has 1 aliphatic rings. The van der Waals surface area contributed by atoms with Gasteiger partial charge in [0.05, 0.1) is 18.9 Å². The molecule has 4 rings (SSSR count). The van der Waals surface area contributed by atoms with Gasteiger partial charge in [-0.15, -0.1) is 0 Å². The van der Waals surface area contributed by atoms with Crippen LogP contribution in [0.4, 0.5) is 11.5 Å². The maximum Gasteiger partial charge on any atom is 0.149 e. The van der Waals surface area contributed by atoms with Gasteiger partial charge in [0.25, 0.3) is 0 Å². The predicted octanol–water partition coefficient (Wildman–Crippen LogP) is 6.59. The Morgan fingerprint density at radius 3 is 2.24 bits per heavy atom. The highest BCUT2D eigenvalue weighted by Gasteiger charge is 2.37. The van der Waals surface area contributed by atoms with Crippen molar-refractivity contribution in [2.75, 3.05) is 30.1 Å². The largest absolute Gasteiger partial charge is 0.497 e. The van der Waals surface area contributed by atoms with Gasteiger partial charge in [-0.25, -0.2) is 9.99 Å². The van der Waals surface area contributed by atoms with Crippen LogP contribution in [0.5, 0.6) is 5.75 Å². The first-order valence-electron chi connectivity index (χ1n) is 12.1. The molecule has 3 aromatic rings. The molecule has 1 aromatic heterocycles. The summed E-state index contributed by atoms with van der Waals surface area (Å²) < 4.78 is 5.37. The number of rotatable bonds is 9. The van der Waals surface area contributed by atoms with Crippen molar-refractivity contribution < 1.29 is 4.74 Å². The zero-order chi connectivity index (χ0) is 23.9. The molecule has 5 nitrogen and oxygen atoms in total. The van der Waals surface area contributed by atoms with Gasteiger partial charge in [-0.05, 0) is 73.9 Å². The van der Waals surface area contributed by atoms with Gasteiger partial charge in [0.2, 0.25) is 0 Å². The van der Waals surface area contributed by atoms with E-state index in [1.165, 1.54) is 16.8 Å². The summed E-state index contributed by atoms with van der Waals surface area (Å²) in [6.07, 6.45) is 7.13. The van der Waals surface area contributed by atoms with Crippen molar-refractivity contribution in [2.24, 2.45) is 11.0 Å². The van der Waals surface area contributed by atoms with Crippen LogP contribution in [-0.2, 0) is 0 Å². The van der Waals surface area contributed by atoms with Gasteiger partial charge in [-0.1, -0.05) is 43.3 Å². The molecule has 2 atom stereocenters. The number of allylic oxidation sites excluding steroid dienone is 1. The van der Waals surface area contributed by atoms with E-state index < -0.39 is 0 Å². The second-order valence-electron chi connectivity index (χ2n) is 8.39. The average molecular weight is 455 g/mol. The average Bonchev–Trinajstić information content (AvgIpc) is 3.28. The highest BCUT2D eigenvalue weighted by Crippen LogP contribution is 2.40. The highest BCUT2D eigenvalue weighted by molar-refractivity contribution is 6.02. The molecular weight excluding hydrogens is 420 g/mol. The van der Waals surface area contributed by atoms with Crippen molar-refractivity contribution in [2.45, 2.75) is 33.2 Å². The minimum Gasteiger partial charge on any atom is -0.497 e. The molecule has 0 amide bonds. The van der Waals surface area contributed by atoms with Crippen LogP contribution in [-0.4, -0.2) is 30.9 Å². The quantitative estimate of drug-likeness (QED) is 0.366. The van der Waals surface area contributed by atoms with Gasteiger partial charge >= 0.3 is 0 Å². The Bertz CT molecular complexity index is 1100. The van der Waals surface area contributed by atoms with Crippen molar-refractivity contribution in [1.82, 2.24) is 4.98 Å². The van der Waals surface area contributed by atoms with Crippen molar-refractivity contribution >= 4 is 23.3 Å². The third-order valence-electron chi connectivity index (χ3n) is 6.50. The maximum atomic E-state index is 5.37. The number of ether oxygens (including phenoxy) is 1. The number of pyridine rings is 1. The Morgan fingerprint density at radius 2 is 1.65 bits per heavy atom. The third kappa shape index (κ3) is 4.98. The SMILES string of the molecule is CCC1C(C=Cc2ccc(N(CC)CC)cc2)=NN(c2ccccn2)C1c1ccc(OC)cc1. The minimum atomic E-state index is 0.0792. The summed E-state index contributed by atoms with van der Waals surface area (Å²) in [5.41, 5.74) is 4.70. The van der Waals surface area contributed by atoms with Crippen molar-refractivity contribution in [3.05, 3.63) is 90.1 Å². The lowest BCUT2D eigenvalue weighted by molar-refractivity contribution is 0.414. The number of nitrogens with zero attached hydrogens (tertiary/aromatic N) is 4. The van der Waals surface area contributed by atoms with Crippen LogP contribution < -0.4 is 14.6 Å². The predicted molar refractivity (Wildman–Crippen MR) is 143 cm³/mol. The zero-order valence-corrected chi connectivity index (χ0v) is 20.6. The van der Waals surface area contributed by atoms with Crippen molar-refractivity contribution in [1.29, 1.82) is 0 Å². The zero-order valence-electron chi connectivity index (χ0n) is 20.6. The fourth-order valence-corrected chi connectivity index (χ4v) is 4.61. The molecule has 1 aliphatic heterocycles. The normalized spacial score (nSPS) is 17.8. The van der Waals surface area contributed by atoms with E-state index in [4.69, 9.17) is 9.84 Å². The minimum absolute atomic E-state index is 0.0792. The van der Waals surface area contributed by atoms with E-state index in [9.17, 15) is 0 Å². The summed E-state index contributed by atoms with van der Waals surface area (Å²) in [4.78, 5) is 6.95. The number of anilines is 2. The maximum absolute atomic E-state index is 5.37. The molecule has 5 heteroatoms. The Kier molecular flexibility index (Phi) is 7.63. The molecule has 2 heterocycles. The molecule has 2 unspecified atom stereocenters. The smallest absolute Gasteiger partial charge is 0.149 e. The molecule has 0 saturated heterocycles. The van der Waals surface area contributed by atoms with Gasteiger partial charge < -0.3 is 9.64 Å². The summed E-state index contributed by atoms with van der Waals surface area (Å²) in [6.45, 7) is 8.62. The van der Waals surface area contributed by atoms with Crippen molar-refractivity contribution in [3.8, 4) is 5.75 Å². The van der Waals surface area contributed by atoms with Gasteiger partial charge in [0.15, 0.2) is 0 Å². The Balaban J connectivity index is 1.64. The summed E-state index contributed by atoms with van der Waals surface area (Å²) >= 11 is 0. The van der Waals surface area contributed by atoms with E-state index >= 15 is 0 Å². The summed E-state index contributed by atoms with van der Waals surface area (Å²) in [5, 5.41) is 7.13. The van der Waals surface area contributed by atoms with Gasteiger partial charge in [-0.2, -0.15) is 5.10 Å². The summed E-state index contributed by atoms with van der Waals surface area (Å²) in [6, 6.07) is 23.1. The van der Waals surface area contributed by atoms with Crippen LogP contribution in [0.2, 0.25) is 0 Å². The van der Waals surface area contributed by atoms with E-state index in [1.807, 2.05) is 36.5 Å². The number of hydrogen-bond acceptors (Lipinski definition) is 5. The number of aromatic nitrogens is 1. The lowest BCUT2D eigenvalue weighted by Gasteiger charge is -2.27. The molecular formula is C29H34N4O. The molecule has 0 bridgehead atoms. The first-order valence-corrected chi connectivity index (χ1v) is 12.1. The van der Waals surface area contributed by atoms with Crippen molar-refractivity contribution in [3.63, 3.8) is 0 Å². The van der Waals surface area contributed by atoms with Crippen LogP contribution in [0, 0.1) is 5.92 Å². The monoisotopic (exact) mass is 454 g/mol. The Morgan fingerprint density at radius 1 is 0.912 bits per heavy atom. The van der Waals surface area contributed by atoms with E-state index in [-0.39, 0.29) is 12.0 Å². The van der Waals surface area contributed by atoms with Gasteiger partial charge in [0.1, 0.15) is 11.6 Å². The second-order valence-corrected chi connectivity index (χ2v) is 8.39. The summed E-state index contributed by atoms with van der Waals surface area (Å²) in [7, 11) is 1.69. The highest BCUT2D eigenvalue weighted by atomic mass is 16.5. The van der Waals surface area contributed by atoms with Crippen LogP contribution in [0.25, 0.3) is 6.08 Å². The van der Waals surface area contributed by atoms with Gasteiger partial charge in [0, 0.05) is 30.9 Å². The molecule has 0 radical (unpaired) electrons. The fraction of sp³-hybridized carbons (Fsp3) is 0.310. The molecule has 176 valence electrons.